The molecule has 112 valence electrons. The van der Waals surface area contributed by atoms with Gasteiger partial charge in [-0.2, -0.15) is 0 Å². The van der Waals surface area contributed by atoms with Gasteiger partial charge in [0, 0.05) is 23.2 Å². The van der Waals surface area contributed by atoms with Crippen LogP contribution in [0.2, 0.25) is 0 Å². The zero-order valence-electron chi connectivity index (χ0n) is 12.1. The zero-order chi connectivity index (χ0) is 15.0. The van der Waals surface area contributed by atoms with Crippen molar-refractivity contribution in [2.24, 2.45) is 5.41 Å². The van der Waals surface area contributed by atoms with Gasteiger partial charge in [-0.05, 0) is 56.4 Å². The van der Waals surface area contributed by atoms with Crippen LogP contribution in [0.15, 0.2) is 22.7 Å². The van der Waals surface area contributed by atoms with Crippen LogP contribution in [-0.2, 0) is 9.59 Å². The third-order valence-electron chi connectivity index (χ3n) is 4.40. The van der Waals surface area contributed by atoms with Crippen LogP contribution >= 0.6 is 15.9 Å². The average Bonchev–Trinajstić information content (AvgIpc) is 3.10. The van der Waals surface area contributed by atoms with Crippen molar-refractivity contribution in [1.82, 2.24) is 4.90 Å². The molecule has 21 heavy (non-hydrogen) atoms. The van der Waals surface area contributed by atoms with Crippen LogP contribution in [0, 0.1) is 12.3 Å². The van der Waals surface area contributed by atoms with E-state index in [-0.39, 0.29) is 11.8 Å². The number of benzene rings is 1. The quantitative estimate of drug-likeness (QED) is 0.851. The summed E-state index contributed by atoms with van der Waals surface area (Å²) in [6.45, 7) is 3.57. The third-order valence-corrected chi connectivity index (χ3v) is 5.29. The number of carbonyl (C=O) groups is 2. The van der Waals surface area contributed by atoms with Gasteiger partial charge in [0.25, 0.3) is 0 Å². The van der Waals surface area contributed by atoms with Gasteiger partial charge < -0.3 is 10.2 Å². The lowest BCUT2D eigenvalue weighted by molar-refractivity contribution is -0.141. The molecule has 1 saturated heterocycles. The van der Waals surface area contributed by atoms with E-state index in [1.54, 1.807) is 0 Å². The van der Waals surface area contributed by atoms with Gasteiger partial charge in [-0.1, -0.05) is 15.9 Å². The molecule has 2 aliphatic rings. The molecule has 1 aromatic rings. The highest BCUT2D eigenvalue weighted by molar-refractivity contribution is 9.10. The average molecular weight is 351 g/mol. The molecule has 1 heterocycles. The van der Waals surface area contributed by atoms with E-state index in [1.165, 1.54) is 0 Å². The normalized spacial score (nSPS) is 19.4. The Morgan fingerprint density at radius 2 is 1.90 bits per heavy atom. The molecule has 1 aromatic carbocycles. The summed E-state index contributed by atoms with van der Waals surface area (Å²) >= 11 is 3.44. The van der Waals surface area contributed by atoms with Gasteiger partial charge in [0.05, 0.1) is 0 Å². The highest BCUT2D eigenvalue weighted by Crippen LogP contribution is 2.48. The minimum absolute atomic E-state index is 0.0198. The van der Waals surface area contributed by atoms with Crippen molar-refractivity contribution in [2.45, 2.75) is 32.6 Å². The van der Waals surface area contributed by atoms with Crippen LogP contribution < -0.4 is 5.32 Å². The predicted octanol–water partition coefficient (Wildman–Crippen LogP) is 3.10. The monoisotopic (exact) mass is 350 g/mol. The Hall–Kier alpha value is -1.36. The first-order chi connectivity index (χ1) is 10.0. The molecule has 0 bridgehead atoms. The fourth-order valence-corrected chi connectivity index (χ4v) is 3.11. The summed E-state index contributed by atoms with van der Waals surface area (Å²) in [4.78, 5) is 26.9. The van der Waals surface area contributed by atoms with Gasteiger partial charge in [-0.15, -0.1) is 0 Å². The second-order valence-electron chi connectivity index (χ2n) is 6.00. The van der Waals surface area contributed by atoms with Gasteiger partial charge in [-0.25, -0.2) is 0 Å². The Kier molecular flexibility index (Phi) is 3.78. The van der Waals surface area contributed by atoms with Crippen LogP contribution in [0.5, 0.6) is 0 Å². The lowest BCUT2D eigenvalue weighted by Gasteiger charge is -2.22. The topological polar surface area (TPSA) is 49.4 Å². The van der Waals surface area contributed by atoms with Crippen molar-refractivity contribution < 1.29 is 9.59 Å². The number of hydrogen-bond donors (Lipinski definition) is 1. The third kappa shape index (κ3) is 2.71. The molecule has 5 heteroatoms. The molecule has 0 spiro atoms. The Bertz CT molecular complexity index is 590. The minimum Gasteiger partial charge on any atom is -0.342 e. The van der Waals surface area contributed by atoms with E-state index in [9.17, 15) is 9.59 Å². The van der Waals surface area contributed by atoms with Crippen molar-refractivity contribution in [3.8, 4) is 0 Å². The SMILES string of the molecule is Cc1cc(NC(=O)C2(C(=O)N3CCCC3)CC2)ccc1Br. The Balaban J connectivity index is 1.72. The molecule has 0 aromatic heterocycles. The van der Waals surface area contributed by atoms with Crippen molar-refractivity contribution >= 4 is 33.4 Å². The van der Waals surface area contributed by atoms with E-state index < -0.39 is 5.41 Å². The molecule has 0 radical (unpaired) electrons. The van der Waals surface area contributed by atoms with E-state index >= 15 is 0 Å². The van der Waals surface area contributed by atoms with Gasteiger partial charge in [0.15, 0.2) is 0 Å². The summed E-state index contributed by atoms with van der Waals surface area (Å²) in [5.41, 5.74) is 1.01. The van der Waals surface area contributed by atoms with Crippen LogP contribution in [0.3, 0.4) is 0 Å². The van der Waals surface area contributed by atoms with Crippen molar-refractivity contribution in [2.75, 3.05) is 18.4 Å². The number of nitrogens with zero attached hydrogens (tertiary/aromatic N) is 1. The van der Waals surface area contributed by atoms with Crippen molar-refractivity contribution in [3.05, 3.63) is 28.2 Å². The van der Waals surface area contributed by atoms with Gasteiger partial charge in [0.2, 0.25) is 11.8 Å². The van der Waals surface area contributed by atoms with Crippen LogP contribution in [0.1, 0.15) is 31.2 Å². The van der Waals surface area contributed by atoms with E-state index in [2.05, 4.69) is 21.2 Å². The van der Waals surface area contributed by atoms with Crippen molar-refractivity contribution in [1.29, 1.82) is 0 Å². The van der Waals surface area contributed by atoms with E-state index in [0.29, 0.717) is 12.8 Å². The second-order valence-corrected chi connectivity index (χ2v) is 6.85. The summed E-state index contributed by atoms with van der Waals surface area (Å²) in [5.74, 6) is -0.132. The second kappa shape index (κ2) is 5.44. The van der Waals surface area contributed by atoms with E-state index in [0.717, 1.165) is 41.7 Å². The number of aryl methyl sites for hydroxylation is 1. The summed E-state index contributed by atoms with van der Waals surface area (Å²) in [7, 11) is 0. The minimum atomic E-state index is -0.800. The summed E-state index contributed by atoms with van der Waals surface area (Å²) < 4.78 is 1.01. The van der Waals surface area contributed by atoms with Crippen LogP contribution in [0.4, 0.5) is 5.69 Å². The Morgan fingerprint density at radius 3 is 2.48 bits per heavy atom. The van der Waals surface area contributed by atoms with Gasteiger partial charge in [-0.3, -0.25) is 9.59 Å². The summed E-state index contributed by atoms with van der Waals surface area (Å²) in [5, 5.41) is 2.91. The molecular formula is C16H19BrN2O2. The highest BCUT2D eigenvalue weighted by atomic mass is 79.9. The number of hydrogen-bond acceptors (Lipinski definition) is 2. The maximum Gasteiger partial charge on any atom is 0.240 e. The fraction of sp³-hybridized carbons (Fsp3) is 0.500. The number of nitrogens with one attached hydrogen (secondary N) is 1. The molecule has 2 fully saturated rings. The van der Waals surface area contributed by atoms with Crippen molar-refractivity contribution in [3.63, 3.8) is 0 Å². The molecule has 0 atom stereocenters. The van der Waals surface area contributed by atoms with Crippen LogP contribution in [-0.4, -0.2) is 29.8 Å². The Morgan fingerprint density at radius 1 is 1.24 bits per heavy atom. The Labute approximate surface area is 133 Å². The van der Waals surface area contributed by atoms with Gasteiger partial charge >= 0.3 is 0 Å². The lowest BCUT2D eigenvalue weighted by atomic mass is 10.0. The molecular weight excluding hydrogens is 332 g/mol. The molecule has 4 nitrogen and oxygen atoms in total. The first-order valence-corrected chi connectivity index (χ1v) is 8.19. The number of likely N-dealkylation sites (tertiary alicyclic amines) is 1. The highest BCUT2D eigenvalue weighted by Gasteiger charge is 2.58. The van der Waals surface area contributed by atoms with Gasteiger partial charge in [0.1, 0.15) is 5.41 Å². The first-order valence-electron chi connectivity index (χ1n) is 7.40. The first kappa shape index (κ1) is 14.6. The number of halogens is 1. The predicted molar refractivity (Wildman–Crippen MR) is 85.0 cm³/mol. The number of rotatable bonds is 3. The van der Waals surface area contributed by atoms with E-state index in [1.807, 2.05) is 30.0 Å². The lowest BCUT2D eigenvalue weighted by Crippen LogP contribution is -2.41. The number of carbonyl (C=O) groups excluding carboxylic acids is 2. The molecule has 1 aliphatic heterocycles. The smallest absolute Gasteiger partial charge is 0.240 e. The maximum atomic E-state index is 12.5. The fourth-order valence-electron chi connectivity index (χ4n) is 2.86. The van der Waals surface area contributed by atoms with E-state index in [4.69, 9.17) is 0 Å². The standard InChI is InChI=1S/C16H19BrN2O2/c1-11-10-12(4-5-13(11)17)18-14(20)16(6-7-16)15(21)19-8-2-3-9-19/h4-5,10H,2-3,6-9H2,1H3,(H,18,20). The molecule has 1 saturated carbocycles. The molecule has 0 unspecified atom stereocenters. The molecule has 3 rings (SSSR count). The largest absolute Gasteiger partial charge is 0.342 e. The summed E-state index contributed by atoms with van der Waals surface area (Å²) in [6.07, 6.45) is 3.44. The number of amides is 2. The summed E-state index contributed by atoms with van der Waals surface area (Å²) in [6, 6.07) is 5.68. The number of anilines is 1. The molecule has 1 aliphatic carbocycles. The van der Waals surface area contributed by atoms with Crippen LogP contribution in [0.25, 0.3) is 0 Å². The molecule has 2 amide bonds. The maximum absolute atomic E-state index is 12.5. The molecule has 1 N–H and O–H groups in total. The zero-order valence-corrected chi connectivity index (χ0v) is 13.7.